The lowest BCUT2D eigenvalue weighted by Crippen LogP contribution is -2.42. The van der Waals surface area contributed by atoms with Crippen LogP contribution >= 0.6 is 0 Å². The van der Waals surface area contributed by atoms with Crippen molar-refractivity contribution < 1.29 is 13.2 Å². The van der Waals surface area contributed by atoms with E-state index in [9.17, 15) is 13.2 Å². The summed E-state index contributed by atoms with van der Waals surface area (Å²) in [7, 11) is -1.75. The third-order valence-corrected chi connectivity index (χ3v) is 6.87. The molecule has 0 aliphatic carbocycles. The molecule has 2 unspecified atom stereocenters. The molecular formula is C18H29N3O3S. The lowest BCUT2D eigenvalue weighted by molar-refractivity contribution is 0.0949. The largest absolute Gasteiger partial charge is 0.350 e. The minimum Gasteiger partial charge on any atom is -0.350 e. The number of hydrogen-bond acceptors (Lipinski definition) is 4. The summed E-state index contributed by atoms with van der Waals surface area (Å²) >= 11 is 0. The third-order valence-electron chi connectivity index (χ3n) is 4.86. The van der Waals surface area contributed by atoms with E-state index < -0.39 is 10.0 Å². The molecule has 1 aliphatic heterocycles. The zero-order valence-corrected chi connectivity index (χ0v) is 16.3. The number of amides is 1. The van der Waals surface area contributed by atoms with E-state index in [1.807, 2.05) is 27.8 Å². The number of rotatable bonds is 6. The fourth-order valence-corrected chi connectivity index (χ4v) is 4.74. The number of nitrogens with zero attached hydrogens (tertiary/aromatic N) is 1. The highest BCUT2D eigenvalue weighted by molar-refractivity contribution is 7.89. The van der Waals surface area contributed by atoms with Gasteiger partial charge in [0.05, 0.1) is 4.90 Å². The minimum absolute atomic E-state index is 0.00573. The van der Waals surface area contributed by atoms with Crippen LogP contribution in [0.15, 0.2) is 23.1 Å². The molecule has 6 nitrogen and oxygen atoms in total. The van der Waals surface area contributed by atoms with Gasteiger partial charge in [-0.3, -0.25) is 4.79 Å². The lowest BCUT2D eigenvalue weighted by atomic mass is 10.1. The Labute approximate surface area is 151 Å². The summed E-state index contributed by atoms with van der Waals surface area (Å²) in [6.07, 6.45) is 2.81. The van der Waals surface area contributed by atoms with Gasteiger partial charge in [-0.1, -0.05) is 12.5 Å². The zero-order valence-electron chi connectivity index (χ0n) is 15.5. The van der Waals surface area contributed by atoms with Gasteiger partial charge in [0.25, 0.3) is 5.91 Å². The van der Waals surface area contributed by atoms with Gasteiger partial charge in [-0.2, -0.15) is 4.31 Å². The van der Waals surface area contributed by atoms with Gasteiger partial charge in [-0.15, -0.1) is 0 Å². The molecule has 1 aromatic rings. The second-order valence-electron chi connectivity index (χ2n) is 6.84. The smallest absolute Gasteiger partial charge is 0.251 e. The molecule has 1 fully saturated rings. The van der Waals surface area contributed by atoms with Crippen molar-refractivity contribution in [3.63, 3.8) is 0 Å². The maximum absolute atomic E-state index is 13.0. The number of benzene rings is 1. The van der Waals surface area contributed by atoms with Crippen molar-refractivity contribution in [1.29, 1.82) is 0 Å². The Bertz CT molecular complexity index is 718. The van der Waals surface area contributed by atoms with E-state index in [1.165, 1.54) is 6.07 Å². The normalized spacial score (nSPS) is 20.2. The minimum atomic E-state index is -3.58. The van der Waals surface area contributed by atoms with Gasteiger partial charge in [0.15, 0.2) is 0 Å². The van der Waals surface area contributed by atoms with Crippen molar-refractivity contribution in [2.45, 2.75) is 57.0 Å². The van der Waals surface area contributed by atoms with Crippen LogP contribution in [0.2, 0.25) is 0 Å². The van der Waals surface area contributed by atoms with Crippen molar-refractivity contribution in [3.8, 4) is 0 Å². The molecule has 1 aromatic carbocycles. The van der Waals surface area contributed by atoms with E-state index >= 15 is 0 Å². The Morgan fingerprint density at radius 1 is 1.36 bits per heavy atom. The topological polar surface area (TPSA) is 78.5 Å². The molecule has 1 amide bonds. The van der Waals surface area contributed by atoms with Gasteiger partial charge in [0, 0.05) is 30.7 Å². The first-order valence-electron chi connectivity index (χ1n) is 8.85. The van der Waals surface area contributed by atoms with E-state index in [-0.39, 0.29) is 22.9 Å². The second-order valence-corrected chi connectivity index (χ2v) is 8.73. The highest BCUT2D eigenvalue weighted by Gasteiger charge is 2.31. The van der Waals surface area contributed by atoms with E-state index in [1.54, 1.807) is 16.4 Å². The fraction of sp³-hybridized carbons (Fsp3) is 0.611. The Morgan fingerprint density at radius 2 is 2.08 bits per heavy atom. The first kappa shape index (κ1) is 19.9. The van der Waals surface area contributed by atoms with Gasteiger partial charge in [0.2, 0.25) is 10.0 Å². The van der Waals surface area contributed by atoms with E-state index in [2.05, 4.69) is 10.6 Å². The summed E-state index contributed by atoms with van der Waals surface area (Å²) in [5.74, 6) is -0.247. The molecule has 2 N–H and O–H groups in total. The van der Waals surface area contributed by atoms with E-state index in [4.69, 9.17) is 0 Å². The molecule has 1 aliphatic rings. The van der Waals surface area contributed by atoms with Gasteiger partial charge in [-0.25, -0.2) is 8.42 Å². The predicted molar refractivity (Wildman–Crippen MR) is 99.2 cm³/mol. The lowest BCUT2D eigenvalue weighted by Gasteiger charge is -2.32. The number of hydrogen-bond donors (Lipinski definition) is 2. The molecule has 0 aromatic heterocycles. The van der Waals surface area contributed by atoms with E-state index in [0.29, 0.717) is 18.7 Å². The van der Waals surface area contributed by atoms with Crippen molar-refractivity contribution >= 4 is 15.9 Å². The Kier molecular flexibility index (Phi) is 6.59. The van der Waals surface area contributed by atoms with Crippen LogP contribution in [0.1, 0.15) is 49.0 Å². The Balaban J connectivity index is 2.27. The fourth-order valence-electron chi connectivity index (χ4n) is 3.01. The van der Waals surface area contributed by atoms with Crippen molar-refractivity contribution in [2.75, 3.05) is 20.1 Å². The second kappa shape index (κ2) is 8.29. The summed E-state index contributed by atoms with van der Waals surface area (Å²) in [5, 5.41) is 5.90. The van der Waals surface area contributed by atoms with Crippen LogP contribution in [0.25, 0.3) is 0 Å². The molecule has 2 atom stereocenters. The predicted octanol–water partition coefficient (Wildman–Crippen LogP) is 1.90. The maximum atomic E-state index is 13.0. The molecule has 0 bridgehead atoms. The van der Waals surface area contributed by atoms with Crippen LogP contribution in [0.4, 0.5) is 0 Å². The number of aryl methyl sites for hydroxylation is 1. The summed E-state index contributed by atoms with van der Waals surface area (Å²) in [5.41, 5.74) is 1.18. The number of carbonyl (C=O) groups excluding carboxylic acids is 1. The molecular weight excluding hydrogens is 338 g/mol. The molecule has 7 heteroatoms. The van der Waals surface area contributed by atoms with Crippen molar-refractivity contribution in [1.82, 2.24) is 14.9 Å². The Hall–Kier alpha value is -1.44. The van der Waals surface area contributed by atoms with Crippen LogP contribution in [0.3, 0.4) is 0 Å². The number of likely N-dealkylation sites (N-methyl/N-ethyl adjacent to an activating group) is 1. The highest BCUT2D eigenvalue weighted by Crippen LogP contribution is 2.26. The van der Waals surface area contributed by atoms with Crippen LogP contribution < -0.4 is 10.6 Å². The highest BCUT2D eigenvalue weighted by atomic mass is 32.2. The monoisotopic (exact) mass is 367 g/mol. The van der Waals surface area contributed by atoms with Crippen molar-refractivity contribution in [3.05, 3.63) is 29.3 Å². The number of sulfonamides is 1. The molecule has 1 heterocycles. The number of nitrogens with one attached hydrogen (secondary N) is 2. The van der Waals surface area contributed by atoms with Gasteiger partial charge < -0.3 is 10.6 Å². The standard InChI is InChI=1S/C18H29N3O3S/c1-13-8-9-16(11-17(13)18(22)20-12-14(2)19-4)25(23,24)21-10-6-5-7-15(21)3/h8-9,11,14-15,19H,5-7,10,12H2,1-4H3,(H,20,22). The quantitative estimate of drug-likeness (QED) is 0.805. The maximum Gasteiger partial charge on any atom is 0.251 e. The Morgan fingerprint density at radius 3 is 2.72 bits per heavy atom. The van der Waals surface area contributed by atoms with Crippen LogP contribution in [-0.2, 0) is 10.0 Å². The molecule has 0 radical (unpaired) electrons. The van der Waals surface area contributed by atoms with Gasteiger partial charge in [0.1, 0.15) is 0 Å². The number of carbonyl (C=O) groups is 1. The van der Waals surface area contributed by atoms with Crippen molar-refractivity contribution in [2.24, 2.45) is 0 Å². The summed E-state index contributed by atoms with van der Waals surface area (Å²) in [4.78, 5) is 12.7. The zero-order chi connectivity index (χ0) is 18.6. The first-order chi connectivity index (χ1) is 11.8. The molecule has 1 saturated heterocycles. The molecule has 0 spiro atoms. The SMILES string of the molecule is CNC(C)CNC(=O)c1cc(S(=O)(=O)N2CCCCC2C)ccc1C. The van der Waals surface area contributed by atoms with Gasteiger partial charge in [-0.05, 0) is 58.4 Å². The molecule has 2 rings (SSSR count). The average molecular weight is 368 g/mol. The first-order valence-corrected chi connectivity index (χ1v) is 10.3. The molecule has 0 saturated carbocycles. The summed E-state index contributed by atoms with van der Waals surface area (Å²) in [6, 6.07) is 4.95. The van der Waals surface area contributed by atoms with E-state index in [0.717, 1.165) is 24.8 Å². The molecule has 25 heavy (non-hydrogen) atoms. The van der Waals surface area contributed by atoms with Crippen LogP contribution in [0, 0.1) is 6.92 Å². The van der Waals surface area contributed by atoms with Crippen LogP contribution in [-0.4, -0.2) is 50.9 Å². The molecule has 140 valence electrons. The number of piperidine rings is 1. The summed E-state index contributed by atoms with van der Waals surface area (Å²) in [6.45, 7) is 6.74. The average Bonchev–Trinajstić information content (AvgIpc) is 2.59. The summed E-state index contributed by atoms with van der Waals surface area (Å²) < 4.78 is 27.5. The van der Waals surface area contributed by atoms with Gasteiger partial charge >= 0.3 is 0 Å². The van der Waals surface area contributed by atoms with Crippen LogP contribution in [0.5, 0.6) is 0 Å². The third kappa shape index (κ3) is 4.59.